The normalized spacial score (nSPS) is 16.7. The topological polar surface area (TPSA) is 75.4 Å². The zero-order chi connectivity index (χ0) is 16.9. The van der Waals surface area contributed by atoms with Gasteiger partial charge in [0, 0.05) is 24.3 Å². The van der Waals surface area contributed by atoms with Gasteiger partial charge in [0.25, 0.3) is 5.91 Å². The molecule has 2 rings (SSSR count). The number of nitrogens with zero attached hydrogens (tertiary/aromatic N) is 1. The number of hydrogen-bond donors (Lipinski definition) is 2. The molecule has 0 saturated heterocycles. The van der Waals surface area contributed by atoms with Crippen molar-refractivity contribution in [1.29, 1.82) is 0 Å². The van der Waals surface area contributed by atoms with E-state index in [1.807, 2.05) is 13.8 Å². The Morgan fingerprint density at radius 2 is 1.83 bits per heavy atom. The number of nitrogens with one attached hydrogen (secondary N) is 1. The third-order valence-electron chi connectivity index (χ3n) is 4.62. The Morgan fingerprint density at radius 1 is 1.17 bits per heavy atom. The second kappa shape index (κ2) is 7.59. The molecule has 0 aliphatic heterocycles. The van der Waals surface area contributed by atoms with Crippen LogP contribution in [0.15, 0.2) is 24.3 Å². The molecule has 23 heavy (non-hydrogen) atoms. The molecule has 1 aromatic carbocycles. The molecule has 126 valence electrons. The molecule has 1 saturated carbocycles. The summed E-state index contributed by atoms with van der Waals surface area (Å²) in [4.78, 5) is 26.6. The summed E-state index contributed by atoms with van der Waals surface area (Å²) in [6, 6.07) is 7.08. The number of nitrogens with two attached hydrogens (primary N) is 1. The average Bonchev–Trinajstić information content (AvgIpc) is 2.56. The molecule has 0 bridgehead atoms. The minimum absolute atomic E-state index is 0.0220. The molecule has 1 fully saturated rings. The van der Waals surface area contributed by atoms with E-state index in [-0.39, 0.29) is 11.8 Å². The Balaban J connectivity index is 2.10. The summed E-state index contributed by atoms with van der Waals surface area (Å²) in [5.74, 6) is -0.170. The van der Waals surface area contributed by atoms with Crippen molar-refractivity contribution in [3.05, 3.63) is 29.8 Å². The van der Waals surface area contributed by atoms with Crippen LogP contribution in [0, 0.1) is 0 Å². The molecular formula is C18H27N3O2. The van der Waals surface area contributed by atoms with Gasteiger partial charge in [0.2, 0.25) is 5.91 Å². The minimum atomic E-state index is -0.781. The van der Waals surface area contributed by atoms with Crippen molar-refractivity contribution in [3.63, 3.8) is 0 Å². The van der Waals surface area contributed by atoms with Crippen LogP contribution in [-0.2, 0) is 4.79 Å². The summed E-state index contributed by atoms with van der Waals surface area (Å²) in [6.45, 7) is 5.23. The van der Waals surface area contributed by atoms with Crippen molar-refractivity contribution in [2.24, 2.45) is 5.73 Å². The molecule has 0 heterocycles. The van der Waals surface area contributed by atoms with Crippen molar-refractivity contribution in [1.82, 2.24) is 4.90 Å². The molecule has 0 spiro atoms. The van der Waals surface area contributed by atoms with E-state index in [1.54, 1.807) is 29.2 Å². The maximum absolute atomic E-state index is 12.5. The van der Waals surface area contributed by atoms with E-state index in [9.17, 15) is 9.59 Å². The van der Waals surface area contributed by atoms with Crippen LogP contribution in [0.5, 0.6) is 0 Å². The fourth-order valence-corrected chi connectivity index (χ4v) is 3.09. The third kappa shape index (κ3) is 4.10. The number of anilines is 1. The van der Waals surface area contributed by atoms with Crippen LogP contribution >= 0.6 is 0 Å². The summed E-state index contributed by atoms with van der Waals surface area (Å²) < 4.78 is 0. The molecular weight excluding hydrogens is 290 g/mol. The average molecular weight is 317 g/mol. The fraction of sp³-hybridized carbons (Fsp3) is 0.556. The van der Waals surface area contributed by atoms with Gasteiger partial charge in [0.15, 0.2) is 0 Å². The van der Waals surface area contributed by atoms with Crippen LogP contribution in [0.25, 0.3) is 0 Å². The Hall–Kier alpha value is -1.88. The Kier molecular flexibility index (Phi) is 5.77. The van der Waals surface area contributed by atoms with Crippen LogP contribution in [0.4, 0.5) is 5.69 Å². The number of hydrogen-bond acceptors (Lipinski definition) is 3. The van der Waals surface area contributed by atoms with Gasteiger partial charge in [-0.05, 0) is 44.9 Å². The molecule has 5 nitrogen and oxygen atoms in total. The zero-order valence-electron chi connectivity index (χ0n) is 14.1. The quantitative estimate of drug-likeness (QED) is 0.877. The predicted octanol–water partition coefficient (Wildman–Crippen LogP) is 2.77. The highest BCUT2D eigenvalue weighted by atomic mass is 16.2. The smallest absolute Gasteiger partial charge is 0.253 e. The van der Waals surface area contributed by atoms with Crippen molar-refractivity contribution >= 4 is 17.5 Å². The maximum atomic E-state index is 12.5. The lowest BCUT2D eigenvalue weighted by Crippen LogP contribution is -2.52. The van der Waals surface area contributed by atoms with Gasteiger partial charge in [-0.3, -0.25) is 9.59 Å². The molecule has 1 aromatic rings. The molecule has 1 aliphatic rings. The van der Waals surface area contributed by atoms with Gasteiger partial charge in [-0.2, -0.15) is 0 Å². The first kappa shape index (κ1) is 17.5. The number of amides is 2. The summed E-state index contributed by atoms with van der Waals surface area (Å²) >= 11 is 0. The van der Waals surface area contributed by atoms with E-state index < -0.39 is 5.54 Å². The molecule has 5 heteroatoms. The van der Waals surface area contributed by atoms with Crippen LogP contribution < -0.4 is 11.1 Å². The Bertz CT molecular complexity index is 561. The van der Waals surface area contributed by atoms with Gasteiger partial charge in [0.05, 0.1) is 5.54 Å². The summed E-state index contributed by atoms with van der Waals surface area (Å²) in [7, 11) is 0. The summed E-state index contributed by atoms with van der Waals surface area (Å²) in [6.07, 6.45) is 4.56. The van der Waals surface area contributed by atoms with E-state index >= 15 is 0 Å². The number of carbonyl (C=O) groups excluding carboxylic acids is 2. The monoisotopic (exact) mass is 317 g/mol. The largest absolute Gasteiger partial charge is 0.339 e. The van der Waals surface area contributed by atoms with E-state index in [4.69, 9.17) is 5.73 Å². The highest BCUT2D eigenvalue weighted by molar-refractivity contribution is 6.00. The van der Waals surface area contributed by atoms with Gasteiger partial charge in [-0.1, -0.05) is 25.3 Å². The summed E-state index contributed by atoms with van der Waals surface area (Å²) in [5, 5.41) is 2.89. The molecule has 1 aliphatic carbocycles. The molecule has 0 radical (unpaired) electrons. The molecule has 0 atom stereocenters. The molecule has 3 N–H and O–H groups in total. The lowest BCUT2D eigenvalue weighted by atomic mass is 9.82. The third-order valence-corrected chi connectivity index (χ3v) is 4.62. The van der Waals surface area contributed by atoms with Crippen molar-refractivity contribution in [3.8, 4) is 0 Å². The van der Waals surface area contributed by atoms with Gasteiger partial charge in [-0.15, -0.1) is 0 Å². The first-order valence-corrected chi connectivity index (χ1v) is 8.50. The SMILES string of the molecule is CCN(CC)C(=O)c1cccc(NC(=O)C2(N)CCCCC2)c1. The van der Waals surface area contributed by atoms with Gasteiger partial charge < -0.3 is 16.0 Å². The molecule has 2 amide bonds. The van der Waals surface area contributed by atoms with Crippen molar-refractivity contribution < 1.29 is 9.59 Å². The number of rotatable bonds is 5. The lowest BCUT2D eigenvalue weighted by molar-refractivity contribution is -0.122. The Labute approximate surface area is 138 Å². The van der Waals surface area contributed by atoms with Crippen LogP contribution in [0.1, 0.15) is 56.3 Å². The van der Waals surface area contributed by atoms with Crippen molar-refractivity contribution in [2.75, 3.05) is 18.4 Å². The first-order valence-electron chi connectivity index (χ1n) is 8.50. The lowest BCUT2D eigenvalue weighted by Gasteiger charge is -2.31. The van der Waals surface area contributed by atoms with E-state index in [0.29, 0.717) is 24.3 Å². The van der Waals surface area contributed by atoms with E-state index in [1.165, 1.54) is 0 Å². The van der Waals surface area contributed by atoms with Gasteiger partial charge in [-0.25, -0.2) is 0 Å². The van der Waals surface area contributed by atoms with Gasteiger partial charge in [0.1, 0.15) is 0 Å². The van der Waals surface area contributed by atoms with Crippen LogP contribution in [0.3, 0.4) is 0 Å². The predicted molar refractivity (Wildman–Crippen MR) is 92.3 cm³/mol. The highest BCUT2D eigenvalue weighted by Crippen LogP contribution is 2.27. The second-order valence-corrected chi connectivity index (χ2v) is 6.23. The van der Waals surface area contributed by atoms with Crippen LogP contribution in [0.2, 0.25) is 0 Å². The standard InChI is InChI=1S/C18H27N3O2/c1-3-21(4-2)16(22)14-9-8-10-15(13-14)20-17(23)18(19)11-6-5-7-12-18/h8-10,13H,3-7,11-12,19H2,1-2H3,(H,20,23). The second-order valence-electron chi connectivity index (χ2n) is 6.23. The van der Waals surface area contributed by atoms with Crippen LogP contribution in [-0.4, -0.2) is 35.3 Å². The fourth-order valence-electron chi connectivity index (χ4n) is 3.09. The van der Waals surface area contributed by atoms with Gasteiger partial charge >= 0.3 is 0 Å². The maximum Gasteiger partial charge on any atom is 0.253 e. The highest BCUT2D eigenvalue weighted by Gasteiger charge is 2.35. The van der Waals surface area contributed by atoms with E-state index in [0.717, 1.165) is 32.1 Å². The number of benzene rings is 1. The minimum Gasteiger partial charge on any atom is -0.339 e. The number of carbonyl (C=O) groups is 2. The summed E-state index contributed by atoms with van der Waals surface area (Å²) in [5.41, 5.74) is 6.68. The molecule has 0 aromatic heterocycles. The van der Waals surface area contributed by atoms with Crippen molar-refractivity contribution in [2.45, 2.75) is 51.5 Å². The Morgan fingerprint density at radius 3 is 2.43 bits per heavy atom. The zero-order valence-corrected chi connectivity index (χ0v) is 14.1. The molecule has 0 unspecified atom stereocenters. The van der Waals surface area contributed by atoms with E-state index in [2.05, 4.69) is 5.32 Å². The first-order chi connectivity index (χ1) is 11.0.